The van der Waals surface area contributed by atoms with Gasteiger partial charge < -0.3 is 5.11 Å². The third-order valence-corrected chi connectivity index (χ3v) is 3.23. The Morgan fingerprint density at radius 2 is 1.57 bits per heavy atom. The van der Waals surface area contributed by atoms with Crippen molar-refractivity contribution in [1.29, 1.82) is 0 Å². The molecular weight excluding hydrogens is 240 g/mol. The molecule has 2 rings (SSSR count). The van der Waals surface area contributed by atoms with Gasteiger partial charge in [0.25, 0.3) is 0 Å². The van der Waals surface area contributed by atoms with Crippen LogP contribution in [0.1, 0.15) is 37.2 Å². The lowest BCUT2D eigenvalue weighted by Crippen LogP contribution is -1.90. The number of aliphatic hydroxyl groups is 1. The van der Waals surface area contributed by atoms with Gasteiger partial charge in [-0.1, -0.05) is 40.9 Å². The van der Waals surface area contributed by atoms with Crippen LogP contribution in [0.25, 0.3) is 0 Å². The molecule has 0 bridgehead atoms. The normalized spacial score (nSPS) is 16.2. The van der Waals surface area contributed by atoms with Crippen molar-refractivity contribution in [3.05, 3.63) is 34.3 Å². The van der Waals surface area contributed by atoms with Crippen LogP contribution in [0, 0.1) is 0 Å². The Bertz CT molecular complexity index is 250. The number of halogens is 1. The Hall–Kier alpha value is -0.340. The van der Waals surface area contributed by atoms with E-state index in [-0.39, 0.29) is 0 Å². The maximum absolute atomic E-state index is 7.00. The highest BCUT2D eigenvalue weighted by atomic mass is 79.9. The van der Waals surface area contributed by atoms with E-state index in [1.165, 1.54) is 35.7 Å². The number of aliphatic hydroxyl groups excluding tert-OH is 1. The maximum Gasteiger partial charge on any atom is 0.0319 e. The van der Waals surface area contributed by atoms with Crippen LogP contribution >= 0.6 is 15.9 Å². The van der Waals surface area contributed by atoms with E-state index in [1.807, 2.05) is 0 Å². The largest absolute Gasteiger partial charge is 0.400 e. The minimum Gasteiger partial charge on any atom is -0.400 e. The van der Waals surface area contributed by atoms with E-state index < -0.39 is 0 Å². The van der Waals surface area contributed by atoms with Crippen molar-refractivity contribution in [3.63, 3.8) is 0 Å². The molecule has 1 saturated carbocycles. The first-order valence-corrected chi connectivity index (χ1v) is 5.86. The van der Waals surface area contributed by atoms with Gasteiger partial charge in [-0.2, -0.15) is 0 Å². The van der Waals surface area contributed by atoms with Crippen LogP contribution in [0.2, 0.25) is 0 Å². The molecule has 1 aliphatic carbocycles. The number of hydrogen-bond acceptors (Lipinski definition) is 1. The highest BCUT2D eigenvalue weighted by Crippen LogP contribution is 2.34. The van der Waals surface area contributed by atoms with E-state index in [9.17, 15) is 0 Å². The molecule has 1 aromatic rings. The van der Waals surface area contributed by atoms with Crippen molar-refractivity contribution in [1.82, 2.24) is 0 Å². The van der Waals surface area contributed by atoms with Crippen LogP contribution in [0.4, 0.5) is 0 Å². The van der Waals surface area contributed by atoms with Crippen molar-refractivity contribution < 1.29 is 5.11 Å². The first-order valence-electron chi connectivity index (χ1n) is 5.06. The predicted octanol–water partition coefficient (Wildman–Crippen LogP) is 3.72. The second-order valence-electron chi connectivity index (χ2n) is 3.53. The Labute approximate surface area is 94.3 Å². The van der Waals surface area contributed by atoms with E-state index in [4.69, 9.17) is 5.11 Å². The van der Waals surface area contributed by atoms with Crippen molar-refractivity contribution in [2.45, 2.75) is 31.6 Å². The molecule has 1 fully saturated rings. The molecule has 1 aliphatic rings. The molecule has 78 valence electrons. The second kappa shape index (κ2) is 6.20. The minimum atomic E-state index is 0.845. The van der Waals surface area contributed by atoms with Crippen molar-refractivity contribution >= 4 is 15.9 Å². The number of rotatable bonds is 1. The van der Waals surface area contributed by atoms with E-state index in [2.05, 4.69) is 40.2 Å². The quantitative estimate of drug-likeness (QED) is 0.813. The van der Waals surface area contributed by atoms with Crippen molar-refractivity contribution in [2.24, 2.45) is 0 Å². The van der Waals surface area contributed by atoms with Crippen LogP contribution < -0.4 is 0 Å². The maximum atomic E-state index is 7.00. The van der Waals surface area contributed by atoms with Gasteiger partial charge in [-0.05, 0) is 36.5 Å². The molecule has 0 spiro atoms. The van der Waals surface area contributed by atoms with Gasteiger partial charge in [0.2, 0.25) is 0 Å². The first-order chi connectivity index (χ1) is 6.86. The Balaban J connectivity index is 0.000000461. The number of benzene rings is 1. The summed E-state index contributed by atoms with van der Waals surface area (Å²) in [6, 6.07) is 8.79. The van der Waals surface area contributed by atoms with Crippen molar-refractivity contribution in [2.75, 3.05) is 7.11 Å². The molecular formula is C12H17BrO. The van der Waals surface area contributed by atoms with Crippen LogP contribution in [-0.4, -0.2) is 12.2 Å². The molecule has 1 nitrogen and oxygen atoms in total. The molecule has 0 heterocycles. The summed E-state index contributed by atoms with van der Waals surface area (Å²) in [4.78, 5) is 0. The van der Waals surface area contributed by atoms with Crippen LogP contribution in [0.5, 0.6) is 0 Å². The van der Waals surface area contributed by atoms with Gasteiger partial charge in [0, 0.05) is 11.6 Å². The summed E-state index contributed by atoms with van der Waals surface area (Å²) in [5.74, 6) is 0.845. The summed E-state index contributed by atoms with van der Waals surface area (Å²) in [5, 5.41) is 7.00. The Kier molecular flexibility index (Phi) is 5.20. The lowest BCUT2D eigenvalue weighted by Gasteiger charge is -2.08. The molecule has 0 saturated heterocycles. The molecule has 14 heavy (non-hydrogen) atoms. The highest BCUT2D eigenvalue weighted by Gasteiger charge is 2.16. The van der Waals surface area contributed by atoms with Gasteiger partial charge in [-0.25, -0.2) is 0 Å². The summed E-state index contributed by atoms with van der Waals surface area (Å²) >= 11 is 3.45. The fraction of sp³-hybridized carbons (Fsp3) is 0.500. The molecule has 1 N–H and O–H groups in total. The molecule has 0 radical (unpaired) electrons. The summed E-state index contributed by atoms with van der Waals surface area (Å²) in [7, 11) is 1.00. The van der Waals surface area contributed by atoms with E-state index in [0.29, 0.717) is 0 Å². The van der Waals surface area contributed by atoms with Gasteiger partial charge in [-0.3, -0.25) is 0 Å². The molecule has 0 amide bonds. The fourth-order valence-corrected chi connectivity index (χ4v) is 2.26. The van der Waals surface area contributed by atoms with Gasteiger partial charge in [0.15, 0.2) is 0 Å². The highest BCUT2D eigenvalue weighted by molar-refractivity contribution is 9.10. The molecule has 0 atom stereocenters. The van der Waals surface area contributed by atoms with Gasteiger partial charge >= 0.3 is 0 Å². The predicted molar refractivity (Wildman–Crippen MR) is 63.5 cm³/mol. The van der Waals surface area contributed by atoms with Crippen LogP contribution in [0.15, 0.2) is 28.7 Å². The van der Waals surface area contributed by atoms with Gasteiger partial charge in [0.1, 0.15) is 0 Å². The third kappa shape index (κ3) is 3.10. The van der Waals surface area contributed by atoms with Crippen LogP contribution in [0.3, 0.4) is 0 Å². The van der Waals surface area contributed by atoms with Crippen LogP contribution in [-0.2, 0) is 0 Å². The summed E-state index contributed by atoms with van der Waals surface area (Å²) < 4.78 is 1.18. The van der Waals surface area contributed by atoms with E-state index in [1.54, 1.807) is 0 Å². The standard InChI is InChI=1S/C11H13Br.CH4O/c12-11-7-5-10(6-8-11)9-3-1-2-4-9;1-2/h5-9H,1-4H2;2H,1H3. The second-order valence-corrected chi connectivity index (χ2v) is 4.45. The zero-order valence-electron chi connectivity index (χ0n) is 8.54. The van der Waals surface area contributed by atoms with Gasteiger partial charge in [0.05, 0.1) is 0 Å². The summed E-state index contributed by atoms with van der Waals surface area (Å²) in [6.45, 7) is 0. The summed E-state index contributed by atoms with van der Waals surface area (Å²) in [6.07, 6.45) is 5.62. The molecule has 2 heteroatoms. The monoisotopic (exact) mass is 256 g/mol. The Morgan fingerprint density at radius 1 is 1.07 bits per heavy atom. The van der Waals surface area contributed by atoms with E-state index in [0.717, 1.165) is 13.0 Å². The third-order valence-electron chi connectivity index (χ3n) is 2.70. The molecule has 0 aliphatic heterocycles. The van der Waals surface area contributed by atoms with Crippen molar-refractivity contribution in [3.8, 4) is 0 Å². The zero-order valence-corrected chi connectivity index (χ0v) is 10.1. The smallest absolute Gasteiger partial charge is 0.0319 e. The SMILES string of the molecule is Brc1ccc(C2CCCC2)cc1.CO. The lowest BCUT2D eigenvalue weighted by molar-refractivity contribution is 0.399. The Morgan fingerprint density at radius 3 is 2.07 bits per heavy atom. The summed E-state index contributed by atoms with van der Waals surface area (Å²) in [5.41, 5.74) is 1.52. The average molecular weight is 257 g/mol. The topological polar surface area (TPSA) is 20.2 Å². The molecule has 0 aromatic heterocycles. The number of hydrogen-bond donors (Lipinski definition) is 1. The molecule has 0 unspecified atom stereocenters. The van der Waals surface area contributed by atoms with Gasteiger partial charge in [-0.15, -0.1) is 0 Å². The molecule has 1 aromatic carbocycles. The fourth-order valence-electron chi connectivity index (χ4n) is 1.99. The van der Waals surface area contributed by atoms with E-state index >= 15 is 0 Å². The lowest BCUT2D eigenvalue weighted by atomic mass is 9.98. The average Bonchev–Trinajstić information content (AvgIpc) is 2.75. The zero-order chi connectivity index (χ0) is 10.4. The first kappa shape index (κ1) is 11.7. The minimum absolute atomic E-state index is 0.845.